The van der Waals surface area contributed by atoms with Gasteiger partial charge in [0.1, 0.15) is 5.60 Å². The number of rotatable bonds is 7. The Morgan fingerprint density at radius 2 is 1.50 bits per heavy atom. The van der Waals surface area contributed by atoms with E-state index in [-0.39, 0.29) is 17.8 Å². The van der Waals surface area contributed by atoms with E-state index in [1.54, 1.807) is 4.90 Å². The van der Waals surface area contributed by atoms with E-state index >= 15 is 0 Å². The summed E-state index contributed by atoms with van der Waals surface area (Å²) in [6.07, 6.45) is 10.8. The number of ether oxygens (including phenoxy) is 1. The Bertz CT molecular complexity index is 1300. The number of benzene rings is 2. The summed E-state index contributed by atoms with van der Waals surface area (Å²) in [5, 5.41) is 0. The van der Waals surface area contributed by atoms with Crippen molar-refractivity contribution in [3.8, 4) is 22.5 Å². The molecule has 2 aliphatic rings. The molecule has 0 spiro atoms. The summed E-state index contributed by atoms with van der Waals surface area (Å²) in [6, 6.07) is 16.1. The predicted molar refractivity (Wildman–Crippen MR) is 156 cm³/mol. The van der Waals surface area contributed by atoms with Crippen LogP contribution in [0.3, 0.4) is 0 Å². The molecule has 1 aliphatic carbocycles. The molecule has 2 fully saturated rings. The lowest BCUT2D eigenvalue weighted by molar-refractivity contribution is -0.168. The van der Waals surface area contributed by atoms with Gasteiger partial charge < -0.3 is 15.4 Å². The lowest BCUT2D eigenvalue weighted by Gasteiger charge is -2.40. The Kier molecular flexibility index (Phi) is 8.31. The van der Waals surface area contributed by atoms with Gasteiger partial charge in [-0.1, -0.05) is 67.8 Å². The van der Waals surface area contributed by atoms with E-state index < -0.39 is 11.6 Å². The van der Waals surface area contributed by atoms with Gasteiger partial charge in [0.15, 0.2) is 5.82 Å². The van der Waals surface area contributed by atoms with Crippen molar-refractivity contribution in [2.45, 2.75) is 76.9 Å². The van der Waals surface area contributed by atoms with Crippen LogP contribution in [0.4, 0.5) is 0 Å². The third kappa shape index (κ3) is 6.76. The van der Waals surface area contributed by atoms with E-state index in [2.05, 4.69) is 34.2 Å². The van der Waals surface area contributed by atoms with Crippen molar-refractivity contribution in [3.05, 3.63) is 72.1 Å². The summed E-state index contributed by atoms with van der Waals surface area (Å²) < 4.78 is 5.41. The fourth-order valence-electron chi connectivity index (χ4n) is 5.57. The number of hydrogen-bond donors (Lipinski definition) is 1. The molecule has 2 aromatic carbocycles. The van der Waals surface area contributed by atoms with Crippen LogP contribution >= 0.6 is 0 Å². The summed E-state index contributed by atoms with van der Waals surface area (Å²) in [6.45, 7) is 6.24. The van der Waals surface area contributed by atoms with E-state index in [0.717, 1.165) is 22.3 Å². The highest BCUT2D eigenvalue weighted by molar-refractivity contribution is 5.85. The minimum Gasteiger partial charge on any atom is -0.460 e. The summed E-state index contributed by atoms with van der Waals surface area (Å²) >= 11 is 0. The van der Waals surface area contributed by atoms with Crippen molar-refractivity contribution in [1.82, 2.24) is 14.9 Å². The maximum Gasteiger partial charge on any atom is 0.313 e. The number of nitrogens with zero attached hydrogens (tertiary/aromatic N) is 3. The first-order valence-electron chi connectivity index (χ1n) is 14.5. The van der Waals surface area contributed by atoms with Crippen LogP contribution in [-0.2, 0) is 20.7 Å². The number of carbonyl (C=O) groups excluding carboxylic acids is 2. The molecular weight excluding hydrogens is 500 g/mol. The lowest BCUT2D eigenvalue weighted by Crippen LogP contribution is -2.58. The van der Waals surface area contributed by atoms with Crippen LogP contribution in [0.1, 0.15) is 69.9 Å². The van der Waals surface area contributed by atoms with Crippen LogP contribution in [-0.4, -0.2) is 51.5 Å². The molecule has 5 rings (SSSR count). The van der Waals surface area contributed by atoms with Crippen LogP contribution in [0.15, 0.2) is 60.9 Å². The zero-order chi connectivity index (χ0) is 28.3. The first-order chi connectivity index (χ1) is 19.2. The zero-order valence-electron chi connectivity index (χ0n) is 23.8. The number of nitrogens with two attached hydrogens (primary N) is 1. The normalized spacial score (nSPS) is 17.2. The average molecular weight is 541 g/mol. The van der Waals surface area contributed by atoms with Gasteiger partial charge in [-0.25, -0.2) is 9.97 Å². The Balaban J connectivity index is 1.13. The molecule has 2 N–H and O–H groups in total. The largest absolute Gasteiger partial charge is 0.460 e. The Hall–Kier alpha value is -3.58. The summed E-state index contributed by atoms with van der Waals surface area (Å²) in [4.78, 5) is 35.8. The third-order valence-corrected chi connectivity index (χ3v) is 7.89. The number of amides is 1. The highest BCUT2D eigenvalue weighted by Gasteiger charge is 2.39. The molecule has 0 radical (unpaired) electrons. The van der Waals surface area contributed by atoms with Gasteiger partial charge in [0.05, 0.1) is 12.0 Å². The number of hydrogen-bond acceptors (Lipinski definition) is 6. The average Bonchev–Trinajstić information content (AvgIpc) is 2.92. The van der Waals surface area contributed by atoms with Crippen LogP contribution in [0.5, 0.6) is 0 Å². The summed E-state index contributed by atoms with van der Waals surface area (Å²) in [5.41, 5.74) is 11.1. The SMILES string of the molecule is CC(C)(C)OC(=O)C1CN(C(=O)C(N)Cc2ccc(-c3ncc(-c4ccc(C5CCCCC5)cc4)cn3)cc2)C1. The zero-order valence-corrected chi connectivity index (χ0v) is 23.8. The second-order valence-electron chi connectivity index (χ2n) is 12.2. The highest BCUT2D eigenvalue weighted by Crippen LogP contribution is 2.33. The van der Waals surface area contributed by atoms with Crippen LogP contribution in [0.2, 0.25) is 0 Å². The smallest absolute Gasteiger partial charge is 0.313 e. The minimum atomic E-state index is -0.662. The van der Waals surface area contributed by atoms with E-state index in [4.69, 9.17) is 10.5 Å². The highest BCUT2D eigenvalue weighted by atomic mass is 16.6. The van der Waals surface area contributed by atoms with Crippen LogP contribution < -0.4 is 5.73 Å². The minimum absolute atomic E-state index is 0.144. The Morgan fingerprint density at radius 3 is 2.10 bits per heavy atom. The summed E-state index contributed by atoms with van der Waals surface area (Å²) in [7, 11) is 0. The monoisotopic (exact) mass is 540 g/mol. The van der Waals surface area contributed by atoms with Crippen LogP contribution in [0, 0.1) is 5.92 Å². The standard InChI is InChI=1S/C33H40N4O3/c1-33(2,3)40-32(39)28-20-37(21-28)31(38)29(34)17-22-9-11-26(12-10-22)30-35-18-27(19-36-30)25-15-13-24(14-16-25)23-7-5-4-6-8-23/h9-16,18-19,23,28-29H,4-8,17,20-21,34H2,1-3H3. The van der Waals surface area contributed by atoms with Gasteiger partial charge in [0.25, 0.3) is 0 Å². The van der Waals surface area contributed by atoms with Crippen LogP contribution in [0.25, 0.3) is 22.5 Å². The van der Waals surface area contributed by atoms with Crippen molar-refractivity contribution in [2.24, 2.45) is 11.7 Å². The van der Waals surface area contributed by atoms with E-state index in [1.165, 1.54) is 37.7 Å². The van der Waals surface area contributed by atoms with Gasteiger partial charge in [-0.15, -0.1) is 0 Å². The molecule has 1 unspecified atom stereocenters. The number of likely N-dealkylation sites (tertiary alicyclic amines) is 1. The Morgan fingerprint density at radius 1 is 0.900 bits per heavy atom. The van der Waals surface area contributed by atoms with Gasteiger partial charge in [-0.3, -0.25) is 9.59 Å². The summed E-state index contributed by atoms with van der Waals surface area (Å²) in [5.74, 6) is 0.674. The fraction of sp³-hybridized carbons (Fsp3) is 0.455. The molecule has 40 heavy (non-hydrogen) atoms. The van der Waals surface area contributed by atoms with E-state index in [0.29, 0.717) is 31.3 Å². The Labute approximate surface area is 237 Å². The molecule has 2 heterocycles. The number of carbonyl (C=O) groups is 2. The van der Waals surface area contributed by atoms with Gasteiger partial charge in [-0.05, 0) is 62.6 Å². The predicted octanol–water partition coefficient (Wildman–Crippen LogP) is 5.53. The molecule has 7 heteroatoms. The quantitative estimate of drug-likeness (QED) is 0.396. The lowest BCUT2D eigenvalue weighted by atomic mass is 9.84. The first-order valence-corrected chi connectivity index (χ1v) is 14.5. The van der Waals surface area contributed by atoms with Crippen molar-refractivity contribution in [2.75, 3.05) is 13.1 Å². The topological polar surface area (TPSA) is 98.4 Å². The maximum absolute atomic E-state index is 12.7. The number of aromatic nitrogens is 2. The molecule has 1 saturated heterocycles. The van der Waals surface area contributed by atoms with Gasteiger partial charge in [0, 0.05) is 36.6 Å². The second kappa shape index (κ2) is 11.9. The van der Waals surface area contributed by atoms with Crippen molar-refractivity contribution >= 4 is 11.9 Å². The van der Waals surface area contributed by atoms with Gasteiger partial charge in [-0.2, -0.15) is 0 Å². The van der Waals surface area contributed by atoms with E-state index in [1.807, 2.05) is 57.4 Å². The van der Waals surface area contributed by atoms with Crippen molar-refractivity contribution in [3.63, 3.8) is 0 Å². The maximum atomic E-state index is 12.7. The molecular formula is C33H40N4O3. The molecule has 1 amide bonds. The molecule has 1 saturated carbocycles. The van der Waals surface area contributed by atoms with Crippen molar-refractivity contribution < 1.29 is 14.3 Å². The van der Waals surface area contributed by atoms with E-state index in [9.17, 15) is 9.59 Å². The molecule has 1 atom stereocenters. The van der Waals surface area contributed by atoms with Gasteiger partial charge >= 0.3 is 5.97 Å². The van der Waals surface area contributed by atoms with Crippen molar-refractivity contribution in [1.29, 1.82) is 0 Å². The first kappa shape index (κ1) is 28.0. The number of esters is 1. The molecule has 210 valence electrons. The third-order valence-electron chi connectivity index (χ3n) is 7.89. The molecule has 1 aromatic heterocycles. The molecule has 1 aliphatic heterocycles. The molecule has 0 bridgehead atoms. The molecule has 3 aromatic rings. The fourth-order valence-corrected chi connectivity index (χ4v) is 5.57. The van der Waals surface area contributed by atoms with Gasteiger partial charge in [0.2, 0.25) is 5.91 Å². The molecule has 7 nitrogen and oxygen atoms in total. The second-order valence-corrected chi connectivity index (χ2v) is 12.2.